The van der Waals surface area contributed by atoms with Crippen molar-refractivity contribution in [2.45, 2.75) is 33.1 Å². The standard InChI is InChI=1S/C7H15PS/c1-7(2)5-3-4-6-8-9/h7H,3-6H2,1-2H3/p+1. The lowest BCUT2D eigenvalue weighted by molar-refractivity contribution is 0.551. The van der Waals surface area contributed by atoms with E-state index >= 15 is 0 Å². The van der Waals surface area contributed by atoms with Gasteiger partial charge in [0.05, 0.1) is 0 Å². The van der Waals surface area contributed by atoms with Crippen LogP contribution in [0, 0.1) is 5.92 Å². The zero-order valence-corrected chi connectivity index (χ0v) is 8.13. The fourth-order valence-corrected chi connectivity index (χ4v) is 1.58. The van der Waals surface area contributed by atoms with Crippen LogP contribution in [0.5, 0.6) is 0 Å². The predicted octanol–water partition coefficient (Wildman–Crippen LogP) is 2.95. The molecule has 0 fully saturated rings. The minimum absolute atomic E-state index is 0.745. The third-order valence-corrected chi connectivity index (χ3v) is 2.48. The Kier molecular flexibility index (Phi) is 7.02. The zero-order valence-electron chi connectivity index (χ0n) is 6.31. The van der Waals surface area contributed by atoms with E-state index in [0.29, 0.717) is 0 Å². The fraction of sp³-hybridized carbons (Fsp3) is 1.00. The van der Waals surface area contributed by atoms with E-state index in [4.69, 9.17) is 11.8 Å². The summed E-state index contributed by atoms with van der Waals surface area (Å²) in [7, 11) is 0.745. The van der Waals surface area contributed by atoms with Gasteiger partial charge in [-0.05, 0) is 18.8 Å². The second-order valence-electron chi connectivity index (χ2n) is 2.78. The molecule has 1 atom stereocenters. The van der Waals surface area contributed by atoms with Gasteiger partial charge in [-0.2, -0.15) is 0 Å². The van der Waals surface area contributed by atoms with Gasteiger partial charge in [0.2, 0.25) is 0 Å². The molecule has 9 heavy (non-hydrogen) atoms. The molecule has 0 aromatic heterocycles. The van der Waals surface area contributed by atoms with E-state index in [1.54, 1.807) is 0 Å². The lowest BCUT2D eigenvalue weighted by Gasteiger charge is -1.99. The molecule has 0 saturated heterocycles. The summed E-state index contributed by atoms with van der Waals surface area (Å²) in [5, 5.41) is 0. The van der Waals surface area contributed by atoms with Gasteiger partial charge in [0, 0.05) is 0 Å². The van der Waals surface area contributed by atoms with Gasteiger partial charge in [-0.15, -0.1) is 0 Å². The van der Waals surface area contributed by atoms with E-state index in [-0.39, 0.29) is 0 Å². The lowest BCUT2D eigenvalue weighted by Crippen LogP contribution is -1.86. The molecule has 0 radical (unpaired) electrons. The van der Waals surface area contributed by atoms with Crippen LogP contribution in [0.3, 0.4) is 0 Å². The van der Waals surface area contributed by atoms with Crippen molar-refractivity contribution in [3.8, 4) is 0 Å². The molecule has 2 heteroatoms. The Bertz CT molecular complexity index is 71.3. The topological polar surface area (TPSA) is 0 Å². The molecule has 54 valence electrons. The molecule has 0 aliphatic heterocycles. The van der Waals surface area contributed by atoms with Crippen molar-refractivity contribution in [2.24, 2.45) is 5.92 Å². The zero-order chi connectivity index (χ0) is 7.11. The molecule has 0 aromatic rings. The summed E-state index contributed by atoms with van der Waals surface area (Å²) in [5.41, 5.74) is 0. The molecule has 0 aliphatic carbocycles. The van der Waals surface area contributed by atoms with Gasteiger partial charge in [0.1, 0.15) is 6.16 Å². The maximum atomic E-state index is 4.86. The van der Waals surface area contributed by atoms with Gasteiger partial charge in [-0.1, -0.05) is 20.3 Å². The van der Waals surface area contributed by atoms with Crippen molar-refractivity contribution in [3.63, 3.8) is 0 Å². The summed E-state index contributed by atoms with van der Waals surface area (Å²) in [6.45, 7) is 4.55. The Balaban J connectivity index is 2.82. The molecule has 0 bridgehead atoms. The van der Waals surface area contributed by atoms with Crippen molar-refractivity contribution in [2.75, 3.05) is 6.16 Å². The Morgan fingerprint density at radius 1 is 1.33 bits per heavy atom. The van der Waals surface area contributed by atoms with Crippen molar-refractivity contribution in [1.29, 1.82) is 0 Å². The highest BCUT2D eigenvalue weighted by Gasteiger charge is 1.94. The van der Waals surface area contributed by atoms with Crippen LogP contribution in [0.2, 0.25) is 0 Å². The number of unbranched alkanes of at least 4 members (excludes halogenated alkanes) is 1. The third-order valence-electron chi connectivity index (χ3n) is 1.31. The monoisotopic (exact) mass is 163 g/mol. The molecular weight excluding hydrogens is 147 g/mol. The Morgan fingerprint density at radius 3 is 2.44 bits per heavy atom. The molecule has 0 saturated carbocycles. The highest BCUT2D eigenvalue weighted by Crippen LogP contribution is 2.08. The third kappa shape index (κ3) is 8.52. The predicted molar refractivity (Wildman–Crippen MR) is 49.2 cm³/mol. The van der Waals surface area contributed by atoms with Gasteiger partial charge in [-0.3, -0.25) is 0 Å². The molecule has 0 amide bonds. The molecule has 0 nitrogen and oxygen atoms in total. The Morgan fingerprint density at radius 2 is 2.00 bits per heavy atom. The molecule has 0 N–H and O–H groups in total. The highest BCUT2D eigenvalue weighted by molar-refractivity contribution is 7.96. The summed E-state index contributed by atoms with van der Waals surface area (Å²) < 4.78 is 0. The van der Waals surface area contributed by atoms with Gasteiger partial charge in [0.15, 0.2) is 19.2 Å². The van der Waals surface area contributed by atoms with E-state index in [0.717, 1.165) is 13.3 Å². The quantitative estimate of drug-likeness (QED) is 0.443. The van der Waals surface area contributed by atoms with Crippen LogP contribution in [0.4, 0.5) is 0 Å². The molecule has 0 heterocycles. The van der Waals surface area contributed by atoms with Gasteiger partial charge in [-0.25, -0.2) is 0 Å². The first-order chi connectivity index (χ1) is 4.27. The second-order valence-corrected chi connectivity index (χ2v) is 4.44. The molecule has 1 unspecified atom stereocenters. The van der Waals surface area contributed by atoms with Crippen molar-refractivity contribution < 1.29 is 0 Å². The average Bonchev–Trinajstić information content (AvgIpc) is 1.80. The molecule has 0 aromatic carbocycles. The van der Waals surface area contributed by atoms with Crippen LogP contribution in [0.1, 0.15) is 33.1 Å². The molecular formula is C7H16PS+. The number of rotatable bonds is 5. The minimum atomic E-state index is 0.745. The van der Waals surface area contributed by atoms with Crippen molar-refractivity contribution in [3.05, 3.63) is 0 Å². The van der Waals surface area contributed by atoms with Gasteiger partial charge in [0.25, 0.3) is 0 Å². The Labute approximate surface area is 64.9 Å². The summed E-state index contributed by atoms with van der Waals surface area (Å²) in [5.74, 6) is 0.874. The van der Waals surface area contributed by atoms with E-state index < -0.39 is 0 Å². The Hall–Kier alpha value is 0.520. The largest absolute Gasteiger partial charge is 0.160 e. The average molecular weight is 163 g/mol. The van der Waals surface area contributed by atoms with Crippen molar-refractivity contribution >= 4 is 19.2 Å². The maximum absolute atomic E-state index is 4.86. The van der Waals surface area contributed by atoms with E-state index in [9.17, 15) is 0 Å². The summed E-state index contributed by atoms with van der Waals surface area (Å²) in [6.07, 6.45) is 5.36. The number of hydrogen-bond acceptors (Lipinski definition) is 1. The van der Waals surface area contributed by atoms with Crippen LogP contribution >= 0.6 is 7.36 Å². The summed E-state index contributed by atoms with van der Waals surface area (Å²) >= 11 is 4.86. The van der Waals surface area contributed by atoms with Crippen LogP contribution < -0.4 is 0 Å². The SMILES string of the molecule is CC(C)CCCC[PH+]=S. The van der Waals surface area contributed by atoms with E-state index in [1.165, 1.54) is 25.4 Å². The number of hydrogen-bond donors (Lipinski definition) is 0. The molecule has 0 aliphatic rings. The van der Waals surface area contributed by atoms with Crippen LogP contribution in [-0.2, 0) is 11.8 Å². The van der Waals surface area contributed by atoms with Gasteiger partial charge < -0.3 is 0 Å². The van der Waals surface area contributed by atoms with Crippen LogP contribution in [-0.4, -0.2) is 6.16 Å². The lowest BCUT2D eigenvalue weighted by atomic mass is 10.1. The maximum Gasteiger partial charge on any atom is 0.160 e. The van der Waals surface area contributed by atoms with Crippen LogP contribution in [0.15, 0.2) is 0 Å². The van der Waals surface area contributed by atoms with Crippen molar-refractivity contribution in [1.82, 2.24) is 0 Å². The smallest absolute Gasteiger partial charge is 0.0628 e. The first-order valence-electron chi connectivity index (χ1n) is 3.62. The van der Waals surface area contributed by atoms with E-state index in [1.807, 2.05) is 0 Å². The molecule has 0 rings (SSSR count). The minimum Gasteiger partial charge on any atom is -0.0628 e. The molecule has 0 spiro atoms. The summed E-state index contributed by atoms with van der Waals surface area (Å²) in [6, 6.07) is 0. The highest BCUT2D eigenvalue weighted by atomic mass is 32.4. The van der Waals surface area contributed by atoms with Crippen LogP contribution in [0.25, 0.3) is 0 Å². The van der Waals surface area contributed by atoms with E-state index in [2.05, 4.69) is 13.8 Å². The fourth-order valence-electron chi connectivity index (χ4n) is 0.750. The van der Waals surface area contributed by atoms with Gasteiger partial charge >= 0.3 is 0 Å². The first-order valence-corrected chi connectivity index (χ1v) is 5.96. The first kappa shape index (κ1) is 9.52. The second kappa shape index (κ2) is 6.64. The summed E-state index contributed by atoms with van der Waals surface area (Å²) in [4.78, 5) is 0. The normalized spacial score (nSPS) is 11.0.